The summed E-state index contributed by atoms with van der Waals surface area (Å²) in [5.74, 6) is -0.730. The number of hydrogen-bond donors (Lipinski definition) is 2. The third-order valence-electron chi connectivity index (χ3n) is 4.16. The molecule has 0 aliphatic rings. The maximum Gasteiger partial charge on any atom is 0.276 e. The van der Waals surface area contributed by atoms with Crippen molar-refractivity contribution in [3.8, 4) is 5.69 Å². The van der Waals surface area contributed by atoms with Crippen LogP contribution in [0.3, 0.4) is 0 Å². The molecular weight excluding hydrogens is 431 g/mol. The van der Waals surface area contributed by atoms with E-state index in [-0.39, 0.29) is 11.7 Å². The standard InChI is InChI=1S/C20H14ClFN4OS2/c21-13-3-1-12(2-4-13)9-16-10-23-19(29-16)25-18(27)17-11-24-20(28)26(17)15-7-5-14(22)6-8-15/h1-8,10-11H,9H2,(H,24,28)(H,23,25,27). The molecule has 2 heterocycles. The molecule has 0 radical (unpaired) electrons. The molecule has 0 bridgehead atoms. The van der Waals surface area contributed by atoms with Crippen LogP contribution in [0.1, 0.15) is 20.9 Å². The van der Waals surface area contributed by atoms with Gasteiger partial charge in [0, 0.05) is 34.4 Å². The Morgan fingerprint density at radius 3 is 2.66 bits per heavy atom. The molecule has 1 amide bonds. The first-order valence-corrected chi connectivity index (χ1v) is 10.2. The number of nitrogens with one attached hydrogen (secondary N) is 2. The van der Waals surface area contributed by atoms with E-state index in [1.165, 1.54) is 29.7 Å². The van der Waals surface area contributed by atoms with Gasteiger partial charge in [-0.15, -0.1) is 11.3 Å². The van der Waals surface area contributed by atoms with Crippen molar-refractivity contribution in [2.24, 2.45) is 0 Å². The number of halogens is 2. The number of rotatable bonds is 5. The molecule has 146 valence electrons. The number of H-pyrrole nitrogens is 1. The molecule has 9 heteroatoms. The van der Waals surface area contributed by atoms with E-state index in [9.17, 15) is 9.18 Å². The molecule has 5 nitrogen and oxygen atoms in total. The predicted octanol–water partition coefficient (Wildman–Crippen LogP) is 5.63. The number of carbonyl (C=O) groups is 1. The van der Waals surface area contributed by atoms with Crippen LogP contribution in [0.2, 0.25) is 5.02 Å². The first-order valence-electron chi connectivity index (χ1n) is 8.56. The monoisotopic (exact) mass is 444 g/mol. The van der Waals surface area contributed by atoms with Crippen molar-refractivity contribution in [2.75, 3.05) is 5.32 Å². The third-order valence-corrected chi connectivity index (χ3v) is 5.62. The first kappa shape index (κ1) is 19.5. The molecule has 0 unspecified atom stereocenters. The highest BCUT2D eigenvalue weighted by Gasteiger charge is 2.16. The van der Waals surface area contributed by atoms with Gasteiger partial charge < -0.3 is 4.98 Å². The summed E-state index contributed by atoms with van der Waals surface area (Å²) in [7, 11) is 0. The zero-order valence-corrected chi connectivity index (χ0v) is 17.2. The van der Waals surface area contributed by atoms with Gasteiger partial charge in [0.25, 0.3) is 5.91 Å². The number of anilines is 1. The highest BCUT2D eigenvalue weighted by molar-refractivity contribution is 7.71. The number of amides is 1. The Balaban J connectivity index is 1.52. The molecule has 0 fully saturated rings. The minimum atomic E-state index is -0.367. The molecular formula is C20H14ClFN4OS2. The number of benzene rings is 2. The van der Waals surface area contributed by atoms with Gasteiger partial charge in [0.2, 0.25) is 0 Å². The lowest BCUT2D eigenvalue weighted by Crippen LogP contribution is -2.16. The number of hydrogen-bond acceptors (Lipinski definition) is 4. The van der Waals surface area contributed by atoms with Crippen LogP contribution >= 0.6 is 35.2 Å². The van der Waals surface area contributed by atoms with Gasteiger partial charge in [-0.05, 0) is 54.2 Å². The van der Waals surface area contributed by atoms with Crippen LogP contribution in [0.4, 0.5) is 9.52 Å². The summed E-state index contributed by atoms with van der Waals surface area (Å²) < 4.78 is 15.1. The molecule has 0 atom stereocenters. The lowest BCUT2D eigenvalue weighted by atomic mass is 10.1. The van der Waals surface area contributed by atoms with E-state index in [1.807, 2.05) is 24.3 Å². The summed E-state index contributed by atoms with van der Waals surface area (Å²) in [6.07, 6.45) is 3.95. The van der Waals surface area contributed by atoms with E-state index in [1.54, 1.807) is 22.9 Å². The van der Waals surface area contributed by atoms with Crippen LogP contribution in [0.25, 0.3) is 5.69 Å². The highest BCUT2D eigenvalue weighted by Crippen LogP contribution is 2.23. The summed E-state index contributed by atoms with van der Waals surface area (Å²) in [6.45, 7) is 0. The number of carbonyl (C=O) groups excluding carboxylic acids is 1. The van der Waals surface area contributed by atoms with Gasteiger partial charge in [0.1, 0.15) is 11.5 Å². The molecule has 0 saturated heterocycles. The van der Waals surface area contributed by atoms with E-state index < -0.39 is 0 Å². The number of aromatic amines is 1. The van der Waals surface area contributed by atoms with E-state index >= 15 is 0 Å². The van der Waals surface area contributed by atoms with Crippen LogP contribution in [0.15, 0.2) is 60.9 Å². The fourth-order valence-corrected chi connectivity index (χ4v) is 4.02. The Bertz CT molecular complexity index is 1210. The van der Waals surface area contributed by atoms with Gasteiger partial charge in [-0.25, -0.2) is 9.37 Å². The maximum absolute atomic E-state index is 13.2. The van der Waals surface area contributed by atoms with Crippen molar-refractivity contribution < 1.29 is 9.18 Å². The Hall–Kier alpha value is -2.81. The zero-order chi connectivity index (χ0) is 20.4. The van der Waals surface area contributed by atoms with E-state index in [0.29, 0.717) is 32.7 Å². The van der Waals surface area contributed by atoms with Crippen molar-refractivity contribution >= 4 is 46.2 Å². The number of imidazole rings is 1. The molecule has 2 aromatic heterocycles. The number of nitrogens with zero attached hydrogens (tertiary/aromatic N) is 2. The molecule has 29 heavy (non-hydrogen) atoms. The van der Waals surface area contributed by atoms with Crippen LogP contribution in [0, 0.1) is 10.6 Å². The number of aromatic nitrogens is 3. The Labute approximate surface area is 179 Å². The van der Waals surface area contributed by atoms with Gasteiger partial charge in [0.15, 0.2) is 9.90 Å². The van der Waals surface area contributed by atoms with Gasteiger partial charge in [-0.2, -0.15) is 0 Å². The van der Waals surface area contributed by atoms with Crippen LogP contribution in [-0.2, 0) is 6.42 Å². The van der Waals surface area contributed by atoms with Crippen LogP contribution in [0.5, 0.6) is 0 Å². The quantitative estimate of drug-likeness (QED) is 0.392. The Morgan fingerprint density at radius 2 is 1.93 bits per heavy atom. The average molecular weight is 445 g/mol. The summed E-state index contributed by atoms with van der Waals surface area (Å²) in [4.78, 5) is 20.9. The summed E-state index contributed by atoms with van der Waals surface area (Å²) in [5, 5.41) is 3.97. The summed E-state index contributed by atoms with van der Waals surface area (Å²) >= 11 is 12.6. The lowest BCUT2D eigenvalue weighted by Gasteiger charge is -2.07. The van der Waals surface area contributed by atoms with Crippen molar-refractivity contribution in [3.63, 3.8) is 0 Å². The molecule has 4 rings (SSSR count). The van der Waals surface area contributed by atoms with E-state index in [4.69, 9.17) is 23.8 Å². The van der Waals surface area contributed by atoms with E-state index in [0.717, 1.165) is 10.4 Å². The second kappa shape index (κ2) is 8.28. The van der Waals surface area contributed by atoms with Gasteiger partial charge in [0.05, 0.1) is 0 Å². The summed E-state index contributed by atoms with van der Waals surface area (Å²) in [5.41, 5.74) is 1.99. The maximum atomic E-state index is 13.2. The average Bonchev–Trinajstić information content (AvgIpc) is 3.31. The molecule has 0 spiro atoms. The predicted molar refractivity (Wildman–Crippen MR) is 115 cm³/mol. The molecule has 2 N–H and O–H groups in total. The molecule has 0 aliphatic carbocycles. The first-order chi connectivity index (χ1) is 14.0. The Kier molecular flexibility index (Phi) is 5.57. The fourth-order valence-electron chi connectivity index (χ4n) is 2.79. The van der Waals surface area contributed by atoms with Crippen LogP contribution in [-0.4, -0.2) is 20.4 Å². The molecule has 4 aromatic rings. The number of thiazole rings is 1. The molecule has 0 saturated carbocycles. The Morgan fingerprint density at radius 1 is 1.21 bits per heavy atom. The molecule has 2 aromatic carbocycles. The van der Waals surface area contributed by atoms with Gasteiger partial charge in [-0.3, -0.25) is 14.7 Å². The van der Waals surface area contributed by atoms with E-state index in [2.05, 4.69) is 15.3 Å². The lowest BCUT2D eigenvalue weighted by molar-refractivity contribution is 0.102. The smallest absolute Gasteiger partial charge is 0.276 e. The second-order valence-corrected chi connectivity index (χ2v) is 8.12. The highest BCUT2D eigenvalue weighted by atomic mass is 35.5. The normalized spacial score (nSPS) is 10.8. The van der Waals surface area contributed by atoms with Crippen molar-refractivity contribution in [1.29, 1.82) is 0 Å². The largest absolute Gasteiger partial charge is 0.336 e. The minimum Gasteiger partial charge on any atom is -0.336 e. The topological polar surface area (TPSA) is 62.7 Å². The van der Waals surface area contributed by atoms with Gasteiger partial charge in [-0.1, -0.05) is 23.7 Å². The van der Waals surface area contributed by atoms with Crippen LogP contribution < -0.4 is 5.32 Å². The summed E-state index contributed by atoms with van der Waals surface area (Å²) in [6, 6.07) is 13.3. The third kappa shape index (κ3) is 4.45. The van der Waals surface area contributed by atoms with Crippen molar-refractivity contribution in [1.82, 2.24) is 14.5 Å². The minimum absolute atomic E-state index is 0.302. The molecule has 0 aliphatic heterocycles. The van der Waals surface area contributed by atoms with Crippen molar-refractivity contribution in [3.05, 3.63) is 92.7 Å². The SMILES string of the molecule is O=C(Nc1ncc(Cc2ccc(Cl)cc2)s1)c1c[nH]c(=S)n1-c1ccc(F)cc1. The van der Waals surface area contributed by atoms with Gasteiger partial charge >= 0.3 is 0 Å². The second-order valence-electron chi connectivity index (χ2n) is 6.18. The fraction of sp³-hybridized carbons (Fsp3) is 0.0500. The zero-order valence-electron chi connectivity index (χ0n) is 14.9. The van der Waals surface area contributed by atoms with Crippen molar-refractivity contribution in [2.45, 2.75) is 6.42 Å².